The summed E-state index contributed by atoms with van der Waals surface area (Å²) in [6.07, 6.45) is -5.39. The zero-order chi connectivity index (χ0) is 107. The molecule has 12 rings (SSSR count). The van der Waals surface area contributed by atoms with Crippen LogP contribution in [0.5, 0.6) is 0 Å². The average molecular weight is 2160 g/mol. The Hall–Kier alpha value is -11.4. The van der Waals surface area contributed by atoms with Crippen LogP contribution in [-0.2, 0) is 133 Å². The number of halogens is 10. The summed E-state index contributed by atoms with van der Waals surface area (Å²) < 4.78 is 164. The lowest BCUT2D eigenvalue weighted by Gasteiger charge is -2.24. The van der Waals surface area contributed by atoms with E-state index in [1.165, 1.54) is 124 Å². The third kappa shape index (κ3) is 30.0. The molecule has 3 aliphatic rings. The van der Waals surface area contributed by atoms with Crippen molar-refractivity contribution in [2.45, 2.75) is 199 Å². The van der Waals surface area contributed by atoms with Crippen molar-refractivity contribution in [3.8, 4) is 0 Å². The molecule has 51 heteroatoms. The number of esters is 4. The number of amides is 6. The van der Waals surface area contributed by atoms with E-state index in [4.69, 9.17) is 74.2 Å². The molecule has 0 spiro atoms. The average Bonchev–Trinajstić information content (AvgIpc) is 1.62. The first-order chi connectivity index (χ1) is 67.0. The topological polar surface area (TPSA) is 498 Å². The zero-order valence-electron chi connectivity index (χ0n) is 80.5. The number of benzene rings is 6. The Morgan fingerprint density at radius 2 is 0.674 bits per heavy atom. The highest BCUT2D eigenvalue weighted by molar-refractivity contribution is 7.62. The van der Waals surface area contributed by atoms with Gasteiger partial charge in [0.05, 0.1) is 88.8 Å². The van der Waals surface area contributed by atoms with E-state index in [0.717, 1.165) is 34.8 Å². The number of carbonyl (C=O) groups excluding carboxylic acids is 13. The number of hydrogen-bond acceptors (Lipinski definition) is 26. The number of hydrogen-bond donors (Lipinski definition) is 6. The normalized spacial score (nSPS) is 17.0. The van der Waals surface area contributed by atoms with Gasteiger partial charge in [-0.25, -0.2) is 26.3 Å². The number of Topliss-reactive ketones (excluding diaryl/α,β-unsaturated/α-hetero) is 3. The number of carbonyl (C=O) groups is 13. The maximum atomic E-state index is 14.7. The minimum atomic E-state index is -4.64. The summed E-state index contributed by atoms with van der Waals surface area (Å²) in [4.78, 5) is 196. The van der Waals surface area contributed by atoms with Gasteiger partial charge in [0, 0.05) is 92.5 Å². The summed E-state index contributed by atoms with van der Waals surface area (Å²) in [5.74, 6) is -9.99. The van der Waals surface area contributed by atoms with Crippen LogP contribution >= 0.6 is 69.2 Å². The molecule has 6 N–H and O–H groups in total. The zero-order valence-corrected chi connectivity index (χ0v) is 86.3. The molecule has 3 aromatic heterocycles. The Bertz CT molecular complexity index is 6540. The van der Waals surface area contributed by atoms with Gasteiger partial charge in [0.2, 0.25) is 55.8 Å². The molecule has 3 saturated heterocycles. The highest BCUT2D eigenvalue weighted by Gasteiger charge is 2.45. The number of likely N-dealkylation sites (tertiary alicyclic amines) is 3. The maximum Gasteiger partial charge on any atom is 0.367 e. The second-order valence-electron chi connectivity index (χ2n) is 37.4. The molecule has 38 nitrogen and oxygen atoms in total. The van der Waals surface area contributed by atoms with Crippen molar-refractivity contribution in [1.29, 1.82) is 0 Å². The number of fused-ring (bicyclic) bond motifs is 3. The Labute approximate surface area is 841 Å². The minimum absolute atomic E-state index is 0.0114. The highest BCUT2D eigenvalue weighted by atomic mass is 35.5. The lowest BCUT2D eigenvalue weighted by Crippen LogP contribution is -2.46. The predicted molar refractivity (Wildman–Crippen MR) is 513 cm³/mol. The summed E-state index contributed by atoms with van der Waals surface area (Å²) in [6.45, 7) is 17.6. The Kier molecular flexibility index (Phi) is 39.0. The van der Waals surface area contributed by atoms with Crippen LogP contribution in [0.25, 0.3) is 32.7 Å². The van der Waals surface area contributed by atoms with Crippen LogP contribution in [-0.4, -0.2) is 218 Å². The van der Waals surface area contributed by atoms with Gasteiger partial charge in [-0.3, -0.25) is 104 Å². The second kappa shape index (κ2) is 48.3. The van der Waals surface area contributed by atoms with E-state index in [1.807, 2.05) is 0 Å². The predicted octanol–water partition coefficient (Wildman–Crippen LogP) is 12.8. The van der Waals surface area contributed by atoms with Crippen molar-refractivity contribution in [1.82, 2.24) is 60.0 Å². The van der Waals surface area contributed by atoms with Gasteiger partial charge in [-0.15, -0.1) is 0 Å². The molecule has 780 valence electrons. The van der Waals surface area contributed by atoms with Gasteiger partial charge < -0.3 is 64.3 Å². The van der Waals surface area contributed by atoms with Gasteiger partial charge in [-0.1, -0.05) is 82.8 Å². The molecular formula is C93H107Cl4F6N12O26P3. The number of alkyl halides is 4. The molecule has 7 atom stereocenters. The number of nitrogens with zero attached hydrogens (tertiary/aromatic N) is 9. The van der Waals surface area contributed by atoms with Gasteiger partial charge in [0.25, 0.3) is 0 Å². The van der Waals surface area contributed by atoms with E-state index in [-0.39, 0.29) is 161 Å². The fraction of sp³-hybridized carbons (Fsp3) is 0.441. The summed E-state index contributed by atoms with van der Waals surface area (Å²) in [5, 5.41) is 19.9. The van der Waals surface area contributed by atoms with Crippen LogP contribution in [0.1, 0.15) is 171 Å². The molecule has 9 aromatic rings. The SMILES string of the molecule is CC(=O)c1nn(CC(=O)N2C[C@H](F)C[C@H]2C(=O)NCc2cccc(Cl)c2F)c2cc(P(=O)(O)O)ccc12.CC(=O)c1nn(CC(=O)N2C[C@H](F)C[C@H]2C(=O)NCc2cccc(Cl)c2F)c2cc(P(=O)(O)OCOC(=O)C(C)(C)C)ccc12.CC(=O)c1nn(CC(=O)N2C[C@H](F)C[C@H]2C(=O)NCc2cccc(Cl)c2F)c2cc(P(=O)(OCOC(=O)C(C)(C)C)OCOC(=O)C(C)(C)C)ccc12.CC(C)(C)C(=O)OCCl. The molecule has 6 aromatic carbocycles. The largest absolute Gasteiger partial charge is 0.449 e. The molecule has 3 aliphatic heterocycles. The first kappa shape index (κ1) is 116. The molecule has 0 saturated carbocycles. The minimum Gasteiger partial charge on any atom is -0.449 e. The van der Waals surface area contributed by atoms with Gasteiger partial charge in [-0.05, 0) is 156 Å². The smallest absolute Gasteiger partial charge is 0.367 e. The Morgan fingerprint density at radius 3 is 0.951 bits per heavy atom. The summed E-state index contributed by atoms with van der Waals surface area (Å²) in [5.41, 5.74) is -2.54. The van der Waals surface area contributed by atoms with Crippen molar-refractivity contribution < 1.29 is 150 Å². The lowest BCUT2D eigenvalue weighted by atomic mass is 9.98. The van der Waals surface area contributed by atoms with Gasteiger partial charge >= 0.3 is 46.7 Å². The van der Waals surface area contributed by atoms with Crippen molar-refractivity contribution in [2.75, 3.05) is 46.1 Å². The van der Waals surface area contributed by atoms with Gasteiger partial charge in [-0.2, -0.15) is 15.3 Å². The van der Waals surface area contributed by atoms with Crippen molar-refractivity contribution >= 4 is 194 Å². The van der Waals surface area contributed by atoms with Crippen LogP contribution in [0.3, 0.4) is 0 Å². The van der Waals surface area contributed by atoms with Crippen molar-refractivity contribution in [3.05, 3.63) is 175 Å². The number of ether oxygens (including phenoxy) is 4. The van der Waals surface area contributed by atoms with Crippen LogP contribution in [0.2, 0.25) is 15.1 Å². The molecule has 6 amide bonds. The van der Waals surface area contributed by atoms with E-state index < -0.39 is 216 Å². The first-order valence-corrected chi connectivity index (χ1v) is 50.5. The third-order valence-electron chi connectivity index (χ3n) is 22.0. The number of nitrogens with one attached hydrogen (secondary N) is 3. The Morgan fingerprint density at radius 1 is 0.403 bits per heavy atom. The van der Waals surface area contributed by atoms with E-state index in [2.05, 4.69) is 36.0 Å². The van der Waals surface area contributed by atoms with E-state index in [1.54, 1.807) is 83.1 Å². The van der Waals surface area contributed by atoms with E-state index >= 15 is 0 Å². The lowest BCUT2D eigenvalue weighted by molar-refractivity contribution is -0.162. The number of aromatic nitrogens is 6. The fourth-order valence-corrected chi connectivity index (χ4v) is 17.7. The number of ketones is 3. The van der Waals surface area contributed by atoms with Crippen LogP contribution in [0.15, 0.2) is 109 Å². The van der Waals surface area contributed by atoms with Crippen LogP contribution in [0, 0.1) is 39.1 Å². The van der Waals surface area contributed by atoms with Crippen LogP contribution in [0.4, 0.5) is 26.3 Å². The molecule has 0 aliphatic carbocycles. The maximum absolute atomic E-state index is 14.7. The highest BCUT2D eigenvalue weighted by Crippen LogP contribution is 2.49. The van der Waals surface area contributed by atoms with Gasteiger partial charge in [0.15, 0.2) is 23.4 Å². The molecule has 6 heterocycles. The van der Waals surface area contributed by atoms with Crippen molar-refractivity contribution in [3.63, 3.8) is 0 Å². The summed E-state index contributed by atoms with van der Waals surface area (Å²) in [7, 11) is -13.7. The molecule has 0 radical (unpaired) electrons. The molecule has 144 heavy (non-hydrogen) atoms. The standard InChI is InChI=1S/C35H42ClF2N4O10P.C29H32ClF2N4O8P.C23H22ClF2N4O6P.C6H11ClO2/c1-20(43)30-24-12-11-23(53(48,51-18-49-32(46)34(2,3)4)52-19-50-33(47)35(5,6)7)14-26(24)42(40-30)17-28(44)41-16-22(37)13-27(41)31(45)39-15-21-9-8-10-25(36)29(21)38;1-16(37)26-20-9-8-19(45(41,42)44-15-43-28(40)29(2,3)4)11-22(20)36(34-26)14-24(38)35-13-18(31)10-23(35)27(39)33-12-17-6-5-7-21(30)25(17)32;1-12(31)22-16-6-5-15(37(34,35)36)8-18(16)30(28-22)11-20(32)29-10-14(25)7-19(29)23(33)27-9-13-3-2-4-17(24)21(13)26;1-6(2,3)5(8)9-4-7/h8-12,14,22,27H,13,15-19H2,1-7H3,(H,39,45);5-9,11,18,23H,10,12-15H2,1-4H3,(H,33,39)(H,41,42);2-6,8,14,19H,7,9-11H2,1H3,(H,27,33)(H2,34,35,36);4H2,1-3H3/t22-,27+;18-,23+;14-,19+;/m111./s1. The molecule has 3 fully saturated rings. The van der Waals surface area contributed by atoms with E-state index in [0.29, 0.717) is 0 Å². The second-order valence-corrected chi connectivity index (χ2v) is 44.3. The molecular weight excluding hydrogens is 2050 g/mol. The quantitative estimate of drug-likeness (QED) is 0.00447. The molecule has 0 bridgehead atoms. The number of rotatable bonds is 31. The third-order valence-corrected chi connectivity index (χ3v) is 27.1. The summed E-state index contributed by atoms with van der Waals surface area (Å²) >= 11 is 22.5. The Balaban J connectivity index is 0.000000233. The first-order valence-electron chi connectivity index (χ1n) is 44.1. The fourth-order valence-electron chi connectivity index (χ4n) is 14.3. The van der Waals surface area contributed by atoms with Crippen molar-refractivity contribution in [2.24, 2.45) is 21.7 Å². The van der Waals surface area contributed by atoms with E-state index in [9.17, 15) is 117 Å². The summed E-state index contributed by atoms with van der Waals surface area (Å²) in [6, 6.07) is 20.6. The van der Waals surface area contributed by atoms with Gasteiger partial charge in [0.1, 0.15) is 90.8 Å². The molecule has 1 unspecified atom stereocenters. The monoisotopic (exact) mass is 2150 g/mol. The van der Waals surface area contributed by atoms with Crippen LogP contribution < -0.4 is 31.9 Å².